The molecule has 1 fully saturated rings. The summed E-state index contributed by atoms with van der Waals surface area (Å²) in [4.78, 5) is 3.43. The van der Waals surface area contributed by atoms with Gasteiger partial charge in [-0.1, -0.05) is 6.07 Å². The van der Waals surface area contributed by atoms with Crippen LogP contribution < -0.4 is 5.32 Å². The summed E-state index contributed by atoms with van der Waals surface area (Å²) in [5.41, 5.74) is 0.00440. The van der Waals surface area contributed by atoms with Crippen molar-refractivity contribution in [3.8, 4) is 0 Å². The van der Waals surface area contributed by atoms with E-state index in [1.54, 1.807) is 0 Å². The van der Waals surface area contributed by atoms with Crippen molar-refractivity contribution in [1.82, 2.24) is 10.3 Å². The molecular formula is C10H11F3N2. The van der Waals surface area contributed by atoms with Crippen molar-refractivity contribution in [3.63, 3.8) is 0 Å². The smallest absolute Gasteiger partial charge is 0.310 e. The molecule has 1 unspecified atom stereocenters. The van der Waals surface area contributed by atoms with Crippen molar-refractivity contribution < 1.29 is 13.2 Å². The van der Waals surface area contributed by atoms with Gasteiger partial charge in [0, 0.05) is 12.2 Å². The largest absolute Gasteiger partial charge is 0.433 e. The van der Waals surface area contributed by atoms with Crippen LogP contribution in [0.15, 0.2) is 18.3 Å². The second-order valence-electron chi connectivity index (χ2n) is 3.62. The van der Waals surface area contributed by atoms with Crippen LogP contribution in [0, 0.1) is 0 Å². The van der Waals surface area contributed by atoms with Crippen LogP contribution in [0.5, 0.6) is 0 Å². The Balaban J connectivity index is 2.16. The van der Waals surface area contributed by atoms with Crippen LogP contribution in [0.3, 0.4) is 0 Å². The average molecular weight is 216 g/mol. The molecule has 1 aliphatic rings. The van der Waals surface area contributed by atoms with Gasteiger partial charge in [-0.25, -0.2) is 0 Å². The molecule has 2 heterocycles. The number of pyridine rings is 1. The summed E-state index contributed by atoms with van der Waals surface area (Å²) in [6, 6.07) is 2.70. The minimum atomic E-state index is -4.35. The fraction of sp³-hybridized carbons (Fsp3) is 0.500. The monoisotopic (exact) mass is 216 g/mol. The van der Waals surface area contributed by atoms with Gasteiger partial charge in [-0.2, -0.15) is 13.2 Å². The molecule has 5 heteroatoms. The Labute approximate surface area is 85.5 Å². The number of rotatable bonds is 1. The van der Waals surface area contributed by atoms with Crippen LogP contribution in [0.25, 0.3) is 0 Å². The lowest BCUT2D eigenvalue weighted by atomic mass is 10.1. The van der Waals surface area contributed by atoms with E-state index in [-0.39, 0.29) is 6.04 Å². The molecule has 1 aromatic heterocycles. The van der Waals surface area contributed by atoms with Crippen molar-refractivity contribution in [1.29, 1.82) is 0 Å². The molecule has 1 N–H and O–H groups in total. The third-order valence-corrected chi connectivity index (χ3v) is 2.54. The van der Waals surface area contributed by atoms with Gasteiger partial charge in [0.25, 0.3) is 0 Å². The van der Waals surface area contributed by atoms with E-state index in [2.05, 4.69) is 10.3 Å². The average Bonchev–Trinajstić information content (AvgIpc) is 2.69. The second-order valence-corrected chi connectivity index (χ2v) is 3.62. The summed E-state index contributed by atoms with van der Waals surface area (Å²) in [6.45, 7) is 0.922. The van der Waals surface area contributed by atoms with E-state index < -0.39 is 11.9 Å². The first-order valence-corrected chi connectivity index (χ1v) is 4.84. The van der Waals surface area contributed by atoms with E-state index in [0.717, 1.165) is 31.0 Å². The fourth-order valence-electron chi connectivity index (χ4n) is 1.75. The lowest BCUT2D eigenvalue weighted by Crippen LogP contribution is -2.14. The summed E-state index contributed by atoms with van der Waals surface area (Å²) in [6.07, 6.45) is -1.01. The predicted molar refractivity (Wildman–Crippen MR) is 49.2 cm³/mol. The number of hydrogen-bond donors (Lipinski definition) is 1. The van der Waals surface area contributed by atoms with Crippen molar-refractivity contribution in [2.24, 2.45) is 0 Å². The molecule has 2 nitrogen and oxygen atoms in total. The molecule has 0 bridgehead atoms. The highest BCUT2D eigenvalue weighted by Gasteiger charge is 2.32. The molecule has 1 aromatic rings. The number of halogens is 3. The topological polar surface area (TPSA) is 24.9 Å². The summed E-state index contributed by atoms with van der Waals surface area (Å²) in [5.74, 6) is 0. The lowest BCUT2D eigenvalue weighted by molar-refractivity contribution is -0.141. The number of nitrogens with zero attached hydrogens (tertiary/aromatic N) is 1. The minimum Gasteiger partial charge on any atom is -0.310 e. The summed E-state index contributed by atoms with van der Waals surface area (Å²) in [7, 11) is 0. The molecule has 1 atom stereocenters. The SMILES string of the molecule is FC(F)(F)c1ccc(C2CCCN2)cn1. The first-order valence-electron chi connectivity index (χ1n) is 4.84. The van der Waals surface area contributed by atoms with E-state index in [1.165, 1.54) is 12.3 Å². The fourth-order valence-corrected chi connectivity index (χ4v) is 1.75. The molecular weight excluding hydrogens is 205 g/mol. The predicted octanol–water partition coefficient (Wildman–Crippen LogP) is 2.52. The first kappa shape index (κ1) is 10.4. The molecule has 0 radical (unpaired) electrons. The van der Waals surface area contributed by atoms with Crippen LogP contribution in [0.1, 0.15) is 30.1 Å². The molecule has 1 aliphatic heterocycles. The van der Waals surface area contributed by atoms with Crippen molar-refractivity contribution in [2.45, 2.75) is 25.1 Å². The van der Waals surface area contributed by atoms with Crippen molar-refractivity contribution in [2.75, 3.05) is 6.54 Å². The Morgan fingerprint density at radius 1 is 1.33 bits per heavy atom. The quantitative estimate of drug-likeness (QED) is 0.780. The highest BCUT2D eigenvalue weighted by atomic mass is 19.4. The van der Waals surface area contributed by atoms with Gasteiger partial charge in [0.2, 0.25) is 0 Å². The number of nitrogens with one attached hydrogen (secondary N) is 1. The Morgan fingerprint density at radius 3 is 2.60 bits per heavy atom. The Hall–Kier alpha value is -1.10. The third-order valence-electron chi connectivity index (χ3n) is 2.54. The van der Waals surface area contributed by atoms with Gasteiger partial charge in [0.15, 0.2) is 0 Å². The van der Waals surface area contributed by atoms with Gasteiger partial charge < -0.3 is 5.32 Å². The maximum atomic E-state index is 12.2. The minimum absolute atomic E-state index is 0.166. The zero-order valence-corrected chi connectivity index (χ0v) is 8.01. The van der Waals surface area contributed by atoms with E-state index in [1.807, 2.05) is 0 Å². The van der Waals surface area contributed by atoms with Gasteiger partial charge in [-0.3, -0.25) is 4.98 Å². The summed E-state index contributed by atoms with van der Waals surface area (Å²) in [5, 5.41) is 3.21. The number of alkyl halides is 3. The molecule has 0 spiro atoms. The van der Waals surface area contributed by atoms with Crippen LogP contribution in [-0.2, 0) is 6.18 Å². The van der Waals surface area contributed by atoms with Gasteiger partial charge in [-0.05, 0) is 31.0 Å². The maximum absolute atomic E-state index is 12.2. The number of aromatic nitrogens is 1. The van der Waals surface area contributed by atoms with Crippen LogP contribution in [-0.4, -0.2) is 11.5 Å². The molecule has 0 aromatic carbocycles. The zero-order chi connectivity index (χ0) is 10.9. The van der Waals surface area contributed by atoms with E-state index >= 15 is 0 Å². The highest BCUT2D eigenvalue weighted by molar-refractivity contribution is 5.19. The maximum Gasteiger partial charge on any atom is 0.433 e. The molecule has 82 valence electrons. The van der Waals surface area contributed by atoms with Gasteiger partial charge in [0.1, 0.15) is 5.69 Å². The lowest BCUT2D eigenvalue weighted by Gasteiger charge is -2.11. The van der Waals surface area contributed by atoms with Gasteiger partial charge >= 0.3 is 6.18 Å². The highest BCUT2D eigenvalue weighted by Crippen LogP contribution is 2.29. The molecule has 15 heavy (non-hydrogen) atoms. The third kappa shape index (κ3) is 2.28. The van der Waals surface area contributed by atoms with Gasteiger partial charge in [0.05, 0.1) is 0 Å². The van der Waals surface area contributed by atoms with E-state index in [9.17, 15) is 13.2 Å². The number of hydrogen-bond acceptors (Lipinski definition) is 2. The summed E-state index contributed by atoms with van der Waals surface area (Å²) < 4.78 is 36.7. The Bertz CT molecular complexity index is 326. The summed E-state index contributed by atoms with van der Waals surface area (Å²) >= 11 is 0. The van der Waals surface area contributed by atoms with Gasteiger partial charge in [-0.15, -0.1) is 0 Å². The molecule has 2 rings (SSSR count). The Morgan fingerprint density at radius 2 is 2.13 bits per heavy atom. The van der Waals surface area contributed by atoms with Crippen LogP contribution in [0.4, 0.5) is 13.2 Å². The standard InChI is InChI=1S/C10H11F3N2/c11-10(12,13)9-4-3-7(6-15-9)8-2-1-5-14-8/h3-4,6,8,14H,1-2,5H2. The van der Waals surface area contributed by atoms with Crippen molar-refractivity contribution >= 4 is 0 Å². The van der Waals surface area contributed by atoms with Crippen LogP contribution >= 0.6 is 0 Å². The Kier molecular flexibility index (Phi) is 2.65. The molecule has 0 aliphatic carbocycles. The molecule has 0 saturated carbocycles. The zero-order valence-electron chi connectivity index (χ0n) is 8.01. The van der Waals surface area contributed by atoms with Crippen molar-refractivity contribution in [3.05, 3.63) is 29.6 Å². The molecule has 1 saturated heterocycles. The van der Waals surface area contributed by atoms with E-state index in [4.69, 9.17) is 0 Å². The second kappa shape index (κ2) is 3.81. The first-order chi connectivity index (χ1) is 7.07. The van der Waals surface area contributed by atoms with E-state index in [0.29, 0.717) is 0 Å². The normalized spacial score (nSPS) is 21.9. The molecule has 0 amide bonds. The van der Waals surface area contributed by atoms with Crippen LogP contribution in [0.2, 0.25) is 0 Å².